The molecule has 0 saturated heterocycles. The van der Waals surface area contributed by atoms with Gasteiger partial charge in [-0.25, -0.2) is 4.79 Å². The molecule has 1 fully saturated rings. The summed E-state index contributed by atoms with van der Waals surface area (Å²) >= 11 is 5.05. The number of thiocarbonyl (C=S) groups is 1. The summed E-state index contributed by atoms with van der Waals surface area (Å²) in [5.41, 5.74) is 8.03. The molecule has 1 saturated carbocycles. The molecule has 1 aromatic rings. The summed E-state index contributed by atoms with van der Waals surface area (Å²) in [6, 6.07) is 8.17. The van der Waals surface area contributed by atoms with Crippen LogP contribution in [0.3, 0.4) is 0 Å². The molecule has 3 rings (SSSR count). The summed E-state index contributed by atoms with van der Waals surface area (Å²) in [5, 5.41) is 0. The zero-order chi connectivity index (χ0) is 14.3. The monoisotopic (exact) mass is 289 g/mol. The molecule has 2 aliphatic rings. The lowest BCUT2D eigenvalue weighted by molar-refractivity contribution is 0.208. The van der Waals surface area contributed by atoms with Gasteiger partial charge in [0.2, 0.25) is 0 Å². The van der Waals surface area contributed by atoms with Crippen molar-refractivity contribution in [3.63, 3.8) is 0 Å². The van der Waals surface area contributed by atoms with Crippen LogP contribution in [0.25, 0.3) is 0 Å². The molecular formula is C15H19N3OS. The molecule has 0 spiro atoms. The number of carbonyl (C=O) groups excluding carboxylic acids is 1. The first-order chi connectivity index (χ1) is 9.51. The van der Waals surface area contributed by atoms with Gasteiger partial charge in [-0.2, -0.15) is 0 Å². The van der Waals surface area contributed by atoms with Gasteiger partial charge in [-0.1, -0.05) is 30.4 Å². The van der Waals surface area contributed by atoms with E-state index >= 15 is 0 Å². The highest BCUT2D eigenvalue weighted by molar-refractivity contribution is 7.80. The average Bonchev–Trinajstić information content (AvgIpc) is 3.14. The van der Waals surface area contributed by atoms with Gasteiger partial charge in [0, 0.05) is 26.6 Å². The Bertz CT molecular complexity index is 568. The molecule has 1 aliphatic carbocycles. The Hall–Kier alpha value is -1.62. The van der Waals surface area contributed by atoms with Crippen LogP contribution < -0.4 is 10.6 Å². The summed E-state index contributed by atoms with van der Waals surface area (Å²) < 4.78 is 0. The van der Waals surface area contributed by atoms with Crippen molar-refractivity contribution in [2.24, 2.45) is 11.1 Å². The van der Waals surface area contributed by atoms with E-state index in [0.717, 1.165) is 24.9 Å². The van der Waals surface area contributed by atoms with Crippen molar-refractivity contribution in [1.29, 1.82) is 0 Å². The molecule has 106 valence electrons. The molecule has 2 N–H and O–H groups in total. The third kappa shape index (κ3) is 2.38. The van der Waals surface area contributed by atoms with Crippen molar-refractivity contribution >= 4 is 28.9 Å². The Morgan fingerprint density at radius 2 is 2.10 bits per heavy atom. The molecule has 1 aromatic carbocycles. The number of nitrogens with zero attached hydrogens (tertiary/aromatic N) is 2. The fourth-order valence-corrected chi connectivity index (χ4v) is 3.27. The first-order valence-corrected chi connectivity index (χ1v) is 7.30. The van der Waals surface area contributed by atoms with Crippen molar-refractivity contribution in [2.45, 2.75) is 25.8 Å². The standard InChI is InChI=1S/C15H19N3OS/c1-17-9-11-4-2-3-5-12(11)18(14(17)19)10-15(6-7-15)8-13(16)20/h2-5H,6-10H2,1H3,(H2,16,20). The average molecular weight is 289 g/mol. The number of para-hydroxylation sites is 1. The van der Waals surface area contributed by atoms with Crippen LogP contribution in [-0.4, -0.2) is 29.5 Å². The second-order valence-electron chi connectivity index (χ2n) is 6.00. The van der Waals surface area contributed by atoms with E-state index in [4.69, 9.17) is 18.0 Å². The Morgan fingerprint density at radius 3 is 2.75 bits per heavy atom. The Labute approximate surface area is 124 Å². The van der Waals surface area contributed by atoms with Crippen LogP contribution in [0.15, 0.2) is 24.3 Å². The van der Waals surface area contributed by atoms with Crippen LogP contribution in [0.4, 0.5) is 10.5 Å². The highest BCUT2D eigenvalue weighted by Crippen LogP contribution is 2.50. The van der Waals surface area contributed by atoms with Crippen molar-refractivity contribution < 1.29 is 4.79 Å². The fourth-order valence-electron chi connectivity index (χ4n) is 2.97. The largest absolute Gasteiger partial charge is 0.393 e. The molecule has 0 unspecified atom stereocenters. The van der Waals surface area contributed by atoms with Crippen LogP contribution in [-0.2, 0) is 6.54 Å². The van der Waals surface area contributed by atoms with Crippen molar-refractivity contribution in [1.82, 2.24) is 4.90 Å². The zero-order valence-electron chi connectivity index (χ0n) is 11.6. The van der Waals surface area contributed by atoms with E-state index in [9.17, 15) is 4.79 Å². The van der Waals surface area contributed by atoms with E-state index in [1.807, 2.05) is 30.1 Å². The minimum absolute atomic E-state index is 0.0675. The molecule has 20 heavy (non-hydrogen) atoms. The van der Waals surface area contributed by atoms with Crippen molar-refractivity contribution in [3.05, 3.63) is 29.8 Å². The minimum atomic E-state index is 0.0675. The van der Waals surface area contributed by atoms with E-state index in [2.05, 4.69) is 6.07 Å². The lowest BCUT2D eigenvalue weighted by Crippen LogP contribution is -2.47. The van der Waals surface area contributed by atoms with Crippen LogP contribution in [0.2, 0.25) is 0 Å². The third-order valence-corrected chi connectivity index (χ3v) is 4.39. The molecular weight excluding hydrogens is 270 g/mol. The van der Waals surface area contributed by atoms with Crippen molar-refractivity contribution in [3.8, 4) is 0 Å². The number of fused-ring (bicyclic) bond motifs is 1. The van der Waals surface area contributed by atoms with Crippen molar-refractivity contribution in [2.75, 3.05) is 18.5 Å². The van der Waals surface area contributed by atoms with Gasteiger partial charge in [0.25, 0.3) is 0 Å². The maximum absolute atomic E-state index is 12.5. The smallest absolute Gasteiger partial charge is 0.324 e. The summed E-state index contributed by atoms with van der Waals surface area (Å²) in [7, 11) is 1.85. The summed E-state index contributed by atoms with van der Waals surface area (Å²) in [4.78, 5) is 16.7. The molecule has 4 nitrogen and oxygen atoms in total. The quantitative estimate of drug-likeness (QED) is 0.867. The van der Waals surface area contributed by atoms with Gasteiger partial charge in [0.1, 0.15) is 0 Å². The number of benzene rings is 1. The number of amides is 2. The highest BCUT2D eigenvalue weighted by atomic mass is 32.1. The maximum atomic E-state index is 12.5. The van der Waals surface area contributed by atoms with E-state index in [1.54, 1.807) is 4.90 Å². The number of anilines is 1. The van der Waals surface area contributed by atoms with Gasteiger partial charge >= 0.3 is 6.03 Å². The molecule has 2 amide bonds. The number of hydrogen-bond acceptors (Lipinski definition) is 2. The molecule has 0 radical (unpaired) electrons. The number of carbonyl (C=O) groups is 1. The van der Waals surface area contributed by atoms with Crippen LogP contribution >= 0.6 is 12.2 Å². The predicted molar refractivity (Wildman–Crippen MR) is 83.7 cm³/mol. The summed E-state index contributed by atoms with van der Waals surface area (Å²) in [6.45, 7) is 1.39. The predicted octanol–water partition coefficient (Wildman–Crippen LogP) is 2.51. The first-order valence-electron chi connectivity index (χ1n) is 6.90. The Kier molecular flexibility index (Phi) is 3.17. The van der Waals surface area contributed by atoms with Gasteiger partial charge in [0.05, 0.1) is 10.7 Å². The van der Waals surface area contributed by atoms with Gasteiger partial charge in [-0.15, -0.1) is 0 Å². The lowest BCUT2D eigenvalue weighted by atomic mass is 10.00. The molecule has 1 heterocycles. The SMILES string of the molecule is CN1Cc2ccccc2N(CC2(CC(N)=S)CC2)C1=O. The Balaban J connectivity index is 1.88. The Morgan fingerprint density at radius 1 is 1.40 bits per heavy atom. The molecule has 1 aliphatic heterocycles. The molecule has 0 aromatic heterocycles. The lowest BCUT2D eigenvalue weighted by Gasteiger charge is -2.37. The normalized spacial score (nSPS) is 19.8. The second-order valence-corrected chi connectivity index (χ2v) is 6.52. The minimum Gasteiger partial charge on any atom is -0.393 e. The van der Waals surface area contributed by atoms with Crippen LogP contribution in [0.1, 0.15) is 24.8 Å². The van der Waals surface area contributed by atoms with Gasteiger partial charge in [-0.05, 0) is 29.9 Å². The molecule has 5 heteroatoms. The number of hydrogen-bond donors (Lipinski definition) is 1. The van der Waals surface area contributed by atoms with Gasteiger partial charge < -0.3 is 10.6 Å². The van der Waals surface area contributed by atoms with E-state index in [-0.39, 0.29) is 11.4 Å². The fraction of sp³-hybridized carbons (Fsp3) is 0.467. The number of urea groups is 1. The van der Waals surface area contributed by atoms with E-state index < -0.39 is 0 Å². The summed E-state index contributed by atoms with van der Waals surface area (Å²) in [5.74, 6) is 0. The first kappa shape index (κ1) is 13.4. The van der Waals surface area contributed by atoms with Crippen LogP contribution in [0.5, 0.6) is 0 Å². The third-order valence-electron chi connectivity index (χ3n) is 4.25. The zero-order valence-corrected chi connectivity index (χ0v) is 12.4. The number of nitrogens with two attached hydrogens (primary N) is 1. The van der Waals surface area contributed by atoms with Gasteiger partial charge in [0.15, 0.2) is 0 Å². The summed E-state index contributed by atoms with van der Waals surface area (Å²) in [6.07, 6.45) is 2.93. The topological polar surface area (TPSA) is 49.6 Å². The van der Waals surface area contributed by atoms with E-state index in [1.165, 1.54) is 5.56 Å². The second kappa shape index (κ2) is 4.74. The highest BCUT2D eigenvalue weighted by Gasteiger charge is 2.46. The van der Waals surface area contributed by atoms with Gasteiger partial charge in [-0.3, -0.25) is 4.90 Å². The van der Waals surface area contributed by atoms with E-state index in [0.29, 0.717) is 18.1 Å². The molecule has 0 bridgehead atoms. The molecule has 0 atom stereocenters. The maximum Gasteiger partial charge on any atom is 0.324 e. The van der Waals surface area contributed by atoms with Crippen LogP contribution in [0, 0.1) is 5.41 Å². The number of rotatable bonds is 4.